The van der Waals surface area contributed by atoms with Gasteiger partial charge in [0.1, 0.15) is 11.3 Å². The average molecular weight is 327 g/mol. The predicted molar refractivity (Wildman–Crippen MR) is 93.3 cm³/mol. The Bertz CT molecular complexity index is 824. The summed E-state index contributed by atoms with van der Waals surface area (Å²) >= 11 is 1.67. The Morgan fingerprint density at radius 2 is 2.00 bits per heavy atom. The molecule has 1 heterocycles. The molecule has 3 aromatic rings. The summed E-state index contributed by atoms with van der Waals surface area (Å²) < 4.78 is 10.7. The summed E-state index contributed by atoms with van der Waals surface area (Å²) in [5.41, 5.74) is 2.37. The van der Waals surface area contributed by atoms with Gasteiger partial charge in [0, 0.05) is 27.6 Å². The molecule has 0 saturated heterocycles. The Labute approximate surface area is 138 Å². The number of ether oxygens (including phenoxy) is 1. The first-order valence-electron chi connectivity index (χ1n) is 7.17. The molecule has 1 N–H and O–H groups in total. The quantitative estimate of drug-likeness (QED) is 0.708. The second kappa shape index (κ2) is 6.79. The summed E-state index contributed by atoms with van der Waals surface area (Å²) in [6.07, 6.45) is 3.91. The van der Waals surface area contributed by atoms with Gasteiger partial charge in [0.2, 0.25) is 5.91 Å². The van der Waals surface area contributed by atoms with Gasteiger partial charge in [-0.15, -0.1) is 11.8 Å². The van der Waals surface area contributed by atoms with Crippen LogP contribution in [0.5, 0.6) is 5.75 Å². The third-order valence-corrected chi connectivity index (χ3v) is 4.33. The number of nitrogens with one attached hydrogen (secondary N) is 1. The maximum absolute atomic E-state index is 12.2. The zero-order valence-electron chi connectivity index (χ0n) is 13.0. The molecule has 0 saturated carbocycles. The molecule has 118 valence electrons. The van der Waals surface area contributed by atoms with Crippen LogP contribution in [0.1, 0.15) is 5.56 Å². The zero-order valence-corrected chi connectivity index (χ0v) is 13.8. The topological polar surface area (TPSA) is 51.5 Å². The molecule has 0 radical (unpaired) electrons. The minimum atomic E-state index is -0.0691. The lowest BCUT2D eigenvalue weighted by atomic mass is 10.1. The molecule has 0 aliphatic heterocycles. The van der Waals surface area contributed by atoms with E-state index in [0.717, 1.165) is 32.9 Å². The number of anilines is 1. The fourth-order valence-corrected chi connectivity index (χ4v) is 2.79. The smallest absolute Gasteiger partial charge is 0.228 e. The first-order valence-corrected chi connectivity index (χ1v) is 8.40. The van der Waals surface area contributed by atoms with Crippen molar-refractivity contribution in [2.75, 3.05) is 18.7 Å². The summed E-state index contributed by atoms with van der Waals surface area (Å²) in [6, 6.07) is 13.4. The number of hydrogen-bond donors (Lipinski definition) is 1. The van der Waals surface area contributed by atoms with Crippen LogP contribution in [0.3, 0.4) is 0 Å². The van der Waals surface area contributed by atoms with Crippen molar-refractivity contribution in [1.29, 1.82) is 0 Å². The van der Waals surface area contributed by atoms with Crippen LogP contribution in [-0.4, -0.2) is 19.3 Å². The molecular formula is C18H17NO3S. The predicted octanol–water partition coefficient (Wildman–Crippen LogP) is 4.34. The van der Waals surface area contributed by atoms with E-state index in [1.807, 2.05) is 48.7 Å². The summed E-state index contributed by atoms with van der Waals surface area (Å²) in [5.74, 6) is 0.664. The molecule has 3 rings (SSSR count). The van der Waals surface area contributed by atoms with Gasteiger partial charge in [-0.2, -0.15) is 0 Å². The fourth-order valence-electron chi connectivity index (χ4n) is 2.38. The van der Waals surface area contributed by atoms with Gasteiger partial charge >= 0.3 is 0 Å². The van der Waals surface area contributed by atoms with Gasteiger partial charge in [-0.1, -0.05) is 0 Å². The van der Waals surface area contributed by atoms with Crippen molar-refractivity contribution in [2.24, 2.45) is 0 Å². The van der Waals surface area contributed by atoms with Crippen LogP contribution in [0.2, 0.25) is 0 Å². The molecule has 0 bridgehead atoms. The highest BCUT2D eigenvalue weighted by Gasteiger charge is 2.11. The van der Waals surface area contributed by atoms with E-state index in [0.29, 0.717) is 0 Å². The van der Waals surface area contributed by atoms with E-state index in [2.05, 4.69) is 5.32 Å². The lowest BCUT2D eigenvalue weighted by Crippen LogP contribution is -2.14. The van der Waals surface area contributed by atoms with Crippen LogP contribution in [0.15, 0.2) is 58.0 Å². The van der Waals surface area contributed by atoms with E-state index in [9.17, 15) is 4.79 Å². The molecule has 1 amide bonds. The normalized spacial score (nSPS) is 10.7. The minimum absolute atomic E-state index is 0.0691. The molecule has 5 heteroatoms. The minimum Gasteiger partial charge on any atom is -0.497 e. The summed E-state index contributed by atoms with van der Waals surface area (Å²) in [6.45, 7) is 0. The van der Waals surface area contributed by atoms with Crippen LogP contribution in [0.4, 0.5) is 5.69 Å². The number of rotatable bonds is 5. The Hall–Kier alpha value is -2.40. The Morgan fingerprint density at radius 1 is 1.22 bits per heavy atom. The van der Waals surface area contributed by atoms with E-state index in [-0.39, 0.29) is 12.3 Å². The van der Waals surface area contributed by atoms with Crippen molar-refractivity contribution in [3.05, 3.63) is 54.3 Å². The van der Waals surface area contributed by atoms with Gasteiger partial charge in [0.15, 0.2) is 0 Å². The van der Waals surface area contributed by atoms with Gasteiger partial charge < -0.3 is 14.5 Å². The lowest BCUT2D eigenvalue weighted by molar-refractivity contribution is -0.115. The van der Waals surface area contributed by atoms with Gasteiger partial charge in [-0.25, -0.2) is 0 Å². The second-order valence-electron chi connectivity index (χ2n) is 5.08. The molecule has 4 nitrogen and oxygen atoms in total. The van der Waals surface area contributed by atoms with Crippen molar-refractivity contribution in [3.8, 4) is 5.75 Å². The number of carbonyl (C=O) groups excluding carboxylic acids is 1. The maximum atomic E-state index is 12.2. The van der Waals surface area contributed by atoms with Gasteiger partial charge in [0.25, 0.3) is 0 Å². The molecule has 2 aromatic carbocycles. The molecular weight excluding hydrogens is 310 g/mol. The van der Waals surface area contributed by atoms with Crippen LogP contribution in [0.25, 0.3) is 11.0 Å². The summed E-state index contributed by atoms with van der Waals surface area (Å²) in [5, 5.41) is 3.83. The number of methoxy groups -OCH3 is 1. The molecule has 0 aliphatic carbocycles. The third-order valence-electron chi connectivity index (χ3n) is 3.59. The standard InChI is InChI=1S/C18H17NO3S/c1-21-14-5-8-16-12(11-22-17(16)10-14)9-18(20)19-13-3-6-15(23-2)7-4-13/h3-8,10-11H,9H2,1-2H3,(H,19,20). The highest BCUT2D eigenvalue weighted by Crippen LogP contribution is 2.26. The number of amides is 1. The van der Waals surface area contributed by atoms with Crippen molar-refractivity contribution in [1.82, 2.24) is 0 Å². The van der Waals surface area contributed by atoms with Crippen LogP contribution < -0.4 is 10.1 Å². The average Bonchev–Trinajstić information content (AvgIpc) is 2.97. The van der Waals surface area contributed by atoms with Gasteiger partial charge in [-0.05, 0) is 42.7 Å². The van der Waals surface area contributed by atoms with E-state index >= 15 is 0 Å². The van der Waals surface area contributed by atoms with E-state index in [1.54, 1.807) is 25.1 Å². The lowest BCUT2D eigenvalue weighted by Gasteiger charge is -2.05. The van der Waals surface area contributed by atoms with E-state index in [1.165, 1.54) is 0 Å². The maximum Gasteiger partial charge on any atom is 0.228 e. The van der Waals surface area contributed by atoms with Crippen molar-refractivity contribution in [3.63, 3.8) is 0 Å². The molecule has 0 fully saturated rings. The van der Waals surface area contributed by atoms with Crippen LogP contribution >= 0.6 is 11.8 Å². The first kappa shape index (κ1) is 15.5. The highest BCUT2D eigenvalue weighted by atomic mass is 32.2. The summed E-state index contributed by atoms with van der Waals surface area (Å²) in [4.78, 5) is 13.4. The fraction of sp³-hybridized carbons (Fsp3) is 0.167. The van der Waals surface area contributed by atoms with Gasteiger partial charge in [0.05, 0.1) is 19.8 Å². The van der Waals surface area contributed by atoms with Crippen molar-refractivity contribution in [2.45, 2.75) is 11.3 Å². The number of carbonyl (C=O) groups is 1. The third kappa shape index (κ3) is 3.51. The largest absolute Gasteiger partial charge is 0.497 e. The van der Waals surface area contributed by atoms with Gasteiger partial charge in [-0.3, -0.25) is 4.79 Å². The number of fused-ring (bicyclic) bond motifs is 1. The number of hydrogen-bond acceptors (Lipinski definition) is 4. The van der Waals surface area contributed by atoms with Crippen LogP contribution in [-0.2, 0) is 11.2 Å². The highest BCUT2D eigenvalue weighted by molar-refractivity contribution is 7.98. The molecule has 23 heavy (non-hydrogen) atoms. The number of furan rings is 1. The first-order chi connectivity index (χ1) is 11.2. The molecule has 0 aliphatic rings. The molecule has 0 spiro atoms. The monoisotopic (exact) mass is 327 g/mol. The number of thioether (sulfide) groups is 1. The molecule has 0 atom stereocenters. The van der Waals surface area contributed by atoms with Crippen molar-refractivity contribution < 1.29 is 13.9 Å². The Kier molecular flexibility index (Phi) is 4.57. The Morgan fingerprint density at radius 3 is 2.70 bits per heavy atom. The summed E-state index contributed by atoms with van der Waals surface area (Å²) in [7, 11) is 1.61. The van der Waals surface area contributed by atoms with E-state index in [4.69, 9.17) is 9.15 Å². The Balaban J connectivity index is 1.72. The second-order valence-corrected chi connectivity index (χ2v) is 5.96. The molecule has 1 aromatic heterocycles. The van der Waals surface area contributed by atoms with Crippen molar-refractivity contribution >= 4 is 34.3 Å². The number of benzene rings is 2. The van der Waals surface area contributed by atoms with Crippen LogP contribution in [0, 0.1) is 0 Å². The van der Waals surface area contributed by atoms with E-state index < -0.39 is 0 Å². The molecule has 0 unspecified atom stereocenters. The zero-order chi connectivity index (χ0) is 16.2. The SMILES string of the molecule is COc1ccc2c(CC(=O)Nc3ccc(SC)cc3)coc2c1.